The maximum absolute atomic E-state index is 10.1. The molecule has 7 nitrogen and oxygen atoms in total. The summed E-state index contributed by atoms with van der Waals surface area (Å²) in [6, 6.07) is 10.4. The van der Waals surface area contributed by atoms with Gasteiger partial charge < -0.3 is 24.8 Å². The third kappa shape index (κ3) is 3.93. The summed E-state index contributed by atoms with van der Waals surface area (Å²) in [5.41, 5.74) is 2.93. The second-order valence-electron chi connectivity index (χ2n) is 5.99. The Bertz CT molecular complexity index is 987. The first-order valence-corrected chi connectivity index (χ1v) is 9.49. The van der Waals surface area contributed by atoms with Crippen LogP contribution in [0.25, 0.3) is 22.5 Å². The number of rotatable bonds is 7. The number of hydrogen-bond donors (Lipinski definition) is 3. The van der Waals surface area contributed by atoms with Crippen molar-refractivity contribution >= 4 is 15.9 Å². The van der Waals surface area contributed by atoms with Crippen LogP contribution >= 0.6 is 15.9 Å². The van der Waals surface area contributed by atoms with Gasteiger partial charge >= 0.3 is 0 Å². The molecule has 0 amide bonds. The summed E-state index contributed by atoms with van der Waals surface area (Å²) in [6.07, 6.45) is 0. The molecule has 0 spiro atoms. The summed E-state index contributed by atoms with van der Waals surface area (Å²) in [4.78, 5) is 0. The number of nitrogens with zero attached hydrogens (tertiary/aromatic N) is 2. The third-order valence-electron chi connectivity index (χ3n) is 4.19. The van der Waals surface area contributed by atoms with Crippen LogP contribution in [0.2, 0.25) is 0 Å². The van der Waals surface area contributed by atoms with Crippen LogP contribution in [0.15, 0.2) is 40.9 Å². The van der Waals surface area contributed by atoms with E-state index in [1.807, 2.05) is 13.0 Å². The lowest BCUT2D eigenvalue weighted by molar-refractivity contribution is 0.270. The second-order valence-corrected chi connectivity index (χ2v) is 6.84. The fourth-order valence-electron chi connectivity index (χ4n) is 2.88. The van der Waals surface area contributed by atoms with Crippen molar-refractivity contribution in [3.8, 4) is 45.5 Å². The van der Waals surface area contributed by atoms with Crippen LogP contribution in [-0.2, 0) is 6.54 Å². The first-order chi connectivity index (χ1) is 13.5. The molecule has 3 aromatic rings. The fourth-order valence-corrected chi connectivity index (χ4v) is 3.32. The standard InChI is InChI=1S/C20H21BrN2O5/c1-3-28-19-10-13(8-14(21)20(19)26)15-11-16(23(22-15)6-7-24)12-4-5-17(25)18(9-12)27-2/h4-5,8-11,24-26H,3,6-7H2,1-2H3. The summed E-state index contributed by atoms with van der Waals surface area (Å²) < 4.78 is 12.9. The highest BCUT2D eigenvalue weighted by Gasteiger charge is 2.16. The molecule has 0 aliphatic rings. The van der Waals surface area contributed by atoms with E-state index in [-0.39, 0.29) is 18.1 Å². The monoisotopic (exact) mass is 448 g/mol. The minimum Gasteiger partial charge on any atom is -0.504 e. The molecule has 0 radical (unpaired) electrons. The van der Waals surface area contributed by atoms with E-state index in [1.54, 1.807) is 35.0 Å². The first-order valence-electron chi connectivity index (χ1n) is 8.70. The van der Waals surface area contributed by atoms with Gasteiger partial charge in [0.1, 0.15) is 0 Å². The Kier molecular flexibility index (Phi) is 6.11. The van der Waals surface area contributed by atoms with E-state index in [2.05, 4.69) is 21.0 Å². The molecule has 1 heterocycles. The van der Waals surface area contributed by atoms with Gasteiger partial charge in [0.05, 0.1) is 42.7 Å². The summed E-state index contributed by atoms with van der Waals surface area (Å²) in [5.74, 6) is 0.783. The number of aromatic hydroxyl groups is 2. The number of hydrogen-bond acceptors (Lipinski definition) is 6. The lowest BCUT2D eigenvalue weighted by Gasteiger charge is -2.09. The van der Waals surface area contributed by atoms with Gasteiger partial charge in [-0.1, -0.05) is 0 Å². The largest absolute Gasteiger partial charge is 0.504 e. The van der Waals surface area contributed by atoms with Crippen LogP contribution in [0.4, 0.5) is 0 Å². The third-order valence-corrected chi connectivity index (χ3v) is 4.80. The van der Waals surface area contributed by atoms with Crippen molar-refractivity contribution in [3.05, 3.63) is 40.9 Å². The predicted molar refractivity (Wildman–Crippen MR) is 109 cm³/mol. The lowest BCUT2D eigenvalue weighted by atomic mass is 10.1. The van der Waals surface area contributed by atoms with Gasteiger partial charge in [-0.05, 0) is 59.3 Å². The van der Waals surface area contributed by atoms with Crippen molar-refractivity contribution in [2.45, 2.75) is 13.5 Å². The maximum Gasteiger partial charge on any atom is 0.172 e. The van der Waals surface area contributed by atoms with E-state index in [9.17, 15) is 15.3 Å². The van der Waals surface area contributed by atoms with E-state index in [0.29, 0.717) is 34.8 Å². The van der Waals surface area contributed by atoms with Crippen LogP contribution in [0, 0.1) is 0 Å². The predicted octanol–water partition coefficient (Wildman–Crippen LogP) is 3.79. The number of methoxy groups -OCH3 is 1. The maximum atomic E-state index is 10.1. The van der Waals surface area contributed by atoms with Crippen molar-refractivity contribution < 1.29 is 24.8 Å². The van der Waals surface area contributed by atoms with E-state index in [4.69, 9.17) is 9.47 Å². The Morgan fingerprint density at radius 1 is 1.07 bits per heavy atom. The molecule has 28 heavy (non-hydrogen) atoms. The van der Waals surface area contributed by atoms with Gasteiger partial charge in [-0.15, -0.1) is 0 Å². The quantitative estimate of drug-likeness (QED) is 0.508. The highest BCUT2D eigenvalue weighted by atomic mass is 79.9. The van der Waals surface area contributed by atoms with E-state index in [1.165, 1.54) is 7.11 Å². The lowest BCUT2D eigenvalue weighted by Crippen LogP contribution is -2.05. The van der Waals surface area contributed by atoms with Crippen LogP contribution in [0.3, 0.4) is 0 Å². The second kappa shape index (κ2) is 8.53. The Morgan fingerprint density at radius 3 is 2.50 bits per heavy atom. The molecule has 0 atom stereocenters. The number of aromatic nitrogens is 2. The molecule has 2 aromatic carbocycles. The Balaban J connectivity index is 2.11. The Morgan fingerprint density at radius 2 is 1.82 bits per heavy atom. The van der Waals surface area contributed by atoms with Gasteiger partial charge in [-0.2, -0.15) is 5.10 Å². The first kappa shape index (κ1) is 20.0. The fraction of sp³-hybridized carbons (Fsp3) is 0.250. The average Bonchev–Trinajstić information content (AvgIpc) is 3.10. The highest BCUT2D eigenvalue weighted by molar-refractivity contribution is 9.10. The molecule has 0 saturated heterocycles. The average molecular weight is 449 g/mol. The number of benzene rings is 2. The Labute approximate surface area is 170 Å². The molecule has 0 bridgehead atoms. The molecular formula is C20H21BrN2O5. The van der Waals surface area contributed by atoms with Gasteiger partial charge in [-0.25, -0.2) is 0 Å². The number of phenols is 2. The summed E-state index contributed by atoms with van der Waals surface area (Å²) in [7, 11) is 1.48. The molecule has 148 valence electrons. The van der Waals surface area contributed by atoms with Gasteiger partial charge in [0.15, 0.2) is 23.0 Å². The normalized spacial score (nSPS) is 10.9. The van der Waals surface area contributed by atoms with Crippen molar-refractivity contribution in [1.82, 2.24) is 9.78 Å². The molecule has 0 aliphatic heterocycles. The summed E-state index contributed by atoms with van der Waals surface area (Å²) in [6.45, 7) is 2.48. The molecule has 3 N–H and O–H groups in total. The number of aliphatic hydroxyl groups excluding tert-OH is 1. The number of phenolic OH excluding ortho intramolecular Hbond substituents is 2. The molecule has 0 saturated carbocycles. The van der Waals surface area contributed by atoms with Crippen LogP contribution in [0.5, 0.6) is 23.0 Å². The molecule has 8 heteroatoms. The molecule has 0 fully saturated rings. The van der Waals surface area contributed by atoms with E-state index >= 15 is 0 Å². The topological polar surface area (TPSA) is 97.0 Å². The van der Waals surface area contributed by atoms with Crippen LogP contribution in [0.1, 0.15) is 6.92 Å². The Hall–Kier alpha value is -2.71. The van der Waals surface area contributed by atoms with Crippen molar-refractivity contribution in [1.29, 1.82) is 0 Å². The van der Waals surface area contributed by atoms with Crippen molar-refractivity contribution in [3.63, 3.8) is 0 Å². The van der Waals surface area contributed by atoms with E-state index < -0.39 is 0 Å². The molecule has 3 rings (SSSR count). The molecule has 1 aromatic heterocycles. The highest BCUT2D eigenvalue weighted by Crippen LogP contribution is 2.39. The van der Waals surface area contributed by atoms with Crippen LogP contribution in [-0.4, -0.2) is 45.4 Å². The minimum atomic E-state index is -0.0766. The number of aliphatic hydroxyl groups is 1. The smallest absolute Gasteiger partial charge is 0.172 e. The van der Waals surface area contributed by atoms with Gasteiger partial charge in [0, 0.05) is 11.1 Å². The van der Waals surface area contributed by atoms with E-state index in [0.717, 1.165) is 16.8 Å². The SMILES string of the molecule is CCOc1cc(-c2cc(-c3ccc(O)c(OC)c3)n(CCO)n2)cc(Br)c1O. The summed E-state index contributed by atoms with van der Waals surface area (Å²) in [5, 5.41) is 34.0. The molecule has 0 aliphatic carbocycles. The van der Waals surface area contributed by atoms with Crippen LogP contribution < -0.4 is 9.47 Å². The van der Waals surface area contributed by atoms with Gasteiger partial charge in [0.25, 0.3) is 0 Å². The van der Waals surface area contributed by atoms with Crippen molar-refractivity contribution in [2.24, 2.45) is 0 Å². The summed E-state index contributed by atoms with van der Waals surface area (Å²) >= 11 is 3.34. The molecule has 0 unspecified atom stereocenters. The molecular weight excluding hydrogens is 428 g/mol. The number of ether oxygens (including phenoxy) is 2. The van der Waals surface area contributed by atoms with Gasteiger partial charge in [-0.3, -0.25) is 4.68 Å². The zero-order valence-corrected chi connectivity index (χ0v) is 17.1. The number of halogens is 1. The zero-order valence-electron chi connectivity index (χ0n) is 15.5. The van der Waals surface area contributed by atoms with Crippen molar-refractivity contribution in [2.75, 3.05) is 20.3 Å². The minimum absolute atomic E-state index is 0.0314. The van der Waals surface area contributed by atoms with Gasteiger partial charge in [0.2, 0.25) is 0 Å². The zero-order chi connectivity index (χ0) is 20.3.